The van der Waals surface area contributed by atoms with Crippen molar-refractivity contribution in [2.75, 3.05) is 12.8 Å². The number of fused-ring (bicyclic) bond motifs is 1. The Morgan fingerprint density at radius 3 is 2.79 bits per heavy atom. The molecule has 0 aliphatic heterocycles. The second-order valence-corrected chi connectivity index (χ2v) is 6.71. The number of nitrogens with two attached hydrogens (primary N) is 1. The molecule has 2 aromatic rings. The summed E-state index contributed by atoms with van der Waals surface area (Å²) in [5.41, 5.74) is 7.98. The average Bonchev–Trinajstić information content (AvgIpc) is 3.31. The zero-order chi connectivity index (χ0) is 15.5. The minimum Gasteiger partial charge on any atom is -0.353 e. The number of nitrogens with one attached hydrogen (secondary N) is 1. The fourth-order valence-corrected chi connectivity index (χ4v) is 3.14. The lowest BCUT2D eigenvalue weighted by Gasteiger charge is -2.13. The number of halogens is 2. The van der Waals surface area contributed by atoms with Crippen molar-refractivity contribution in [3.63, 3.8) is 0 Å². The van der Waals surface area contributed by atoms with Gasteiger partial charge in [-0.1, -0.05) is 12.1 Å². The first-order chi connectivity index (χ1) is 10.7. The molecule has 1 heterocycles. The van der Waals surface area contributed by atoms with E-state index in [2.05, 4.69) is 10.3 Å². The van der Waals surface area contributed by atoms with E-state index in [1.807, 2.05) is 35.1 Å². The number of rotatable bonds is 7. The van der Waals surface area contributed by atoms with Crippen molar-refractivity contribution < 1.29 is 4.79 Å². The lowest BCUT2D eigenvalue weighted by atomic mass is 10.2. The molecule has 1 aliphatic carbocycles. The van der Waals surface area contributed by atoms with E-state index in [0.717, 1.165) is 22.6 Å². The standard InChI is InChI=1S/C16H22N4OS.2ClH/c1-22-10-15-19-13-4-2-3-5-14(13)20(15)9-16(21)18-8-12(17)11-6-7-11;;/h2-5,11-12H,6-10,17H2,1H3,(H,18,21);2*1H. The zero-order valence-electron chi connectivity index (χ0n) is 13.6. The Bertz CT molecular complexity index is 675. The van der Waals surface area contributed by atoms with Crippen LogP contribution in [0, 0.1) is 5.92 Å². The smallest absolute Gasteiger partial charge is 0.240 e. The van der Waals surface area contributed by atoms with E-state index < -0.39 is 0 Å². The molecule has 1 aliphatic rings. The molecule has 24 heavy (non-hydrogen) atoms. The summed E-state index contributed by atoms with van der Waals surface area (Å²) >= 11 is 1.71. The van der Waals surface area contributed by atoms with Crippen LogP contribution < -0.4 is 11.1 Å². The summed E-state index contributed by atoms with van der Waals surface area (Å²) in [5, 5.41) is 2.96. The molecule has 1 atom stereocenters. The minimum absolute atomic E-state index is 0. The Balaban J connectivity index is 0.00000144. The van der Waals surface area contributed by atoms with Crippen molar-refractivity contribution >= 4 is 53.5 Å². The Kier molecular flexibility index (Phi) is 8.36. The van der Waals surface area contributed by atoms with Gasteiger partial charge in [-0.25, -0.2) is 4.98 Å². The van der Waals surface area contributed by atoms with Crippen LogP contribution in [0.15, 0.2) is 24.3 Å². The number of hydrogen-bond acceptors (Lipinski definition) is 4. The Morgan fingerprint density at radius 2 is 2.12 bits per heavy atom. The van der Waals surface area contributed by atoms with Gasteiger partial charge >= 0.3 is 0 Å². The van der Waals surface area contributed by atoms with Crippen LogP contribution in [0.5, 0.6) is 0 Å². The lowest BCUT2D eigenvalue weighted by Crippen LogP contribution is -2.40. The van der Waals surface area contributed by atoms with Crippen molar-refractivity contribution in [1.29, 1.82) is 0 Å². The van der Waals surface area contributed by atoms with Crippen molar-refractivity contribution in [3.05, 3.63) is 30.1 Å². The molecule has 8 heteroatoms. The van der Waals surface area contributed by atoms with Gasteiger partial charge in [-0.3, -0.25) is 4.79 Å². The van der Waals surface area contributed by atoms with Crippen LogP contribution in [0.4, 0.5) is 0 Å². The molecule has 1 fully saturated rings. The minimum atomic E-state index is 0. The number of nitrogens with zero attached hydrogens (tertiary/aromatic N) is 2. The highest BCUT2D eigenvalue weighted by atomic mass is 35.5. The van der Waals surface area contributed by atoms with Crippen molar-refractivity contribution in [2.45, 2.75) is 31.2 Å². The fraction of sp³-hybridized carbons (Fsp3) is 0.500. The predicted octanol–water partition coefficient (Wildman–Crippen LogP) is 2.60. The molecule has 0 spiro atoms. The summed E-state index contributed by atoms with van der Waals surface area (Å²) < 4.78 is 2.00. The molecular weight excluding hydrogens is 367 g/mol. The molecule has 1 amide bonds. The van der Waals surface area contributed by atoms with Gasteiger partial charge in [-0.15, -0.1) is 24.8 Å². The van der Waals surface area contributed by atoms with Crippen LogP contribution in [0.3, 0.4) is 0 Å². The molecule has 3 rings (SSSR count). The molecule has 1 unspecified atom stereocenters. The third-order valence-corrected chi connectivity index (χ3v) is 4.62. The average molecular weight is 391 g/mol. The molecular formula is C16H24Cl2N4OS. The van der Waals surface area contributed by atoms with E-state index in [1.54, 1.807) is 11.8 Å². The van der Waals surface area contributed by atoms with Crippen molar-refractivity contribution in [2.24, 2.45) is 11.7 Å². The second-order valence-electron chi connectivity index (χ2n) is 5.84. The molecule has 0 radical (unpaired) electrons. The number of carbonyl (C=O) groups is 1. The highest BCUT2D eigenvalue weighted by molar-refractivity contribution is 7.97. The van der Waals surface area contributed by atoms with Gasteiger partial charge in [-0.05, 0) is 37.1 Å². The van der Waals surface area contributed by atoms with Gasteiger partial charge in [0.05, 0.1) is 16.8 Å². The topological polar surface area (TPSA) is 72.9 Å². The number of benzene rings is 1. The van der Waals surface area contributed by atoms with Crippen molar-refractivity contribution in [1.82, 2.24) is 14.9 Å². The Morgan fingerprint density at radius 1 is 1.42 bits per heavy atom. The van der Waals surface area contributed by atoms with Crippen LogP contribution in [-0.2, 0) is 17.1 Å². The Labute approximate surface area is 159 Å². The maximum Gasteiger partial charge on any atom is 0.240 e. The quantitative estimate of drug-likeness (QED) is 0.761. The van der Waals surface area contributed by atoms with E-state index in [-0.39, 0.29) is 36.8 Å². The molecule has 1 saturated carbocycles. The number of para-hydroxylation sites is 2. The fourth-order valence-electron chi connectivity index (χ4n) is 2.66. The number of hydrogen-bond donors (Lipinski definition) is 2. The number of imidazole rings is 1. The summed E-state index contributed by atoms with van der Waals surface area (Å²) in [4.78, 5) is 16.9. The van der Waals surface area contributed by atoms with E-state index in [4.69, 9.17) is 5.73 Å². The third kappa shape index (κ3) is 5.02. The van der Waals surface area contributed by atoms with E-state index in [9.17, 15) is 4.79 Å². The first-order valence-corrected chi connectivity index (χ1v) is 9.03. The van der Waals surface area contributed by atoms with Crippen LogP contribution >= 0.6 is 36.6 Å². The number of amides is 1. The van der Waals surface area contributed by atoms with Gasteiger partial charge in [0, 0.05) is 12.6 Å². The van der Waals surface area contributed by atoms with Gasteiger partial charge in [0.2, 0.25) is 5.91 Å². The predicted molar refractivity (Wildman–Crippen MR) is 105 cm³/mol. The molecule has 0 saturated heterocycles. The van der Waals surface area contributed by atoms with E-state index in [0.29, 0.717) is 19.0 Å². The lowest BCUT2D eigenvalue weighted by molar-refractivity contribution is -0.121. The largest absolute Gasteiger partial charge is 0.353 e. The molecule has 1 aromatic heterocycles. The summed E-state index contributed by atoms with van der Waals surface area (Å²) in [7, 11) is 0. The zero-order valence-corrected chi connectivity index (χ0v) is 16.1. The second kappa shape index (κ2) is 9.51. The highest BCUT2D eigenvalue weighted by Gasteiger charge is 2.28. The number of aromatic nitrogens is 2. The number of thioether (sulfide) groups is 1. The Hall–Kier alpha value is -0.950. The highest BCUT2D eigenvalue weighted by Crippen LogP contribution is 2.31. The molecule has 5 nitrogen and oxygen atoms in total. The normalized spacial score (nSPS) is 14.6. The molecule has 134 valence electrons. The first kappa shape index (κ1) is 21.1. The monoisotopic (exact) mass is 390 g/mol. The third-order valence-electron chi connectivity index (χ3n) is 4.07. The summed E-state index contributed by atoms with van der Waals surface area (Å²) in [6.45, 7) is 0.863. The molecule has 3 N–H and O–H groups in total. The maximum atomic E-state index is 12.2. The molecule has 0 bridgehead atoms. The first-order valence-electron chi connectivity index (χ1n) is 7.64. The van der Waals surface area contributed by atoms with Gasteiger partial charge in [0.25, 0.3) is 0 Å². The summed E-state index contributed by atoms with van der Waals surface area (Å²) in [6, 6.07) is 8.03. The van der Waals surface area contributed by atoms with Crippen molar-refractivity contribution in [3.8, 4) is 0 Å². The molecule has 1 aromatic carbocycles. The summed E-state index contributed by atoms with van der Waals surface area (Å²) in [5.74, 6) is 2.34. The van der Waals surface area contributed by atoms with Gasteiger partial charge in [-0.2, -0.15) is 11.8 Å². The SMILES string of the molecule is CSCc1nc2ccccc2n1CC(=O)NCC(N)C1CC1.Cl.Cl. The van der Waals surface area contributed by atoms with Gasteiger partial charge < -0.3 is 15.6 Å². The maximum absolute atomic E-state index is 12.2. The van der Waals surface area contributed by atoms with Crippen LogP contribution in [-0.4, -0.2) is 34.3 Å². The van der Waals surface area contributed by atoms with E-state index in [1.165, 1.54) is 12.8 Å². The van der Waals surface area contributed by atoms with Crippen LogP contribution in [0.25, 0.3) is 11.0 Å². The van der Waals surface area contributed by atoms with Crippen LogP contribution in [0.1, 0.15) is 18.7 Å². The number of carbonyl (C=O) groups excluding carboxylic acids is 1. The van der Waals surface area contributed by atoms with Gasteiger partial charge in [0.15, 0.2) is 0 Å². The van der Waals surface area contributed by atoms with Crippen LogP contribution in [0.2, 0.25) is 0 Å². The summed E-state index contributed by atoms with van der Waals surface area (Å²) in [6.07, 6.45) is 4.43. The van der Waals surface area contributed by atoms with Gasteiger partial charge in [0.1, 0.15) is 12.4 Å². The van der Waals surface area contributed by atoms with E-state index >= 15 is 0 Å².